The van der Waals surface area contributed by atoms with Crippen LogP contribution in [0.2, 0.25) is 0 Å². The van der Waals surface area contributed by atoms with Crippen molar-refractivity contribution >= 4 is 30.3 Å². The first-order chi connectivity index (χ1) is 32.9. The number of rotatable bonds is 12. The average Bonchev–Trinajstić information content (AvgIpc) is 3.65. The van der Waals surface area contributed by atoms with Crippen LogP contribution >= 0.6 is 0 Å². The second kappa shape index (κ2) is 20.7. The van der Waals surface area contributed by atoms with Gasteiger partial charge in [-0.2, -0.15) is 0 Å². The van der Waals surface area contributed by atoms with Gasteiger partial charge in [-0.25, -0.2) is 24.0 Å². The highest BCUT2D eigenvalue weighted by Crippen LogP contribution is 2.43. The second-order valence-corrected chi connectivity index (χ2v) is 18.4. The van der Waals surface area contributed by atoms with Crippen molar-refractivity contribution in [2.24, 2.45) is 17.8 Å². The van der Waals surface area contributed by atoms with Crippen LogP contribution in [0, 0.1) is 17.8 Å². The lowest BCUT2D eigenvalue weighted by Crippen LogP contribution is -2.66. The predicted octanol–water partition coefficient (Wildman–Crippen LogP) is 5.40. The Labute approximate surface area is 393 Å². The van der Waals surface area contributed by atoms with E-state index in [0.29, 0.717) is 18.4 Å². The van der Waals surface area contributed by atoms with Crippen molar-refractivity contribution in [2.45, 2.75) is 133 Å². The summed E-state index contributed by atoms with van der Waals surface area (Å²) < 4.78 is 61.5. The Morgan fingerprint density at radius 3 is 2.00 bits per heavy atom. The van der Waals surface area contributed by atoms with Crippen LogP contribution < -0.4 is 16.0 Å². The molecule has 19 heteroatoms. The van der Waals surface area contributed by atoms with E-state index < -0.39 is 110 Å². The summed E-state index contributed by atoms with van der Waals surface area (Å²) in [5.74, 6) is -1.20. The molecule has 6 aliphatic rings. The molecule has 19 nitrogen and oxygen atoms in total. The van der Waals surface area contributed by atoms with Crippen molar-refractivity contribution in [3.8, 4) is 0 Å². The molecule has 0 spiro atoms. The molecule has 3 aromatic rings. The molecule has 0 bridgehead atoms. The van der Waals surface area contributed by atoms with Crippen LogP contribution in [0.15, 0.2) is 91.0 Å². The maximum absolute atomic E-state index is 13.5. The highest BCUT2D eigenvalue weighted by molar-refractivity contribution is 5.89. The Kier molecular flexibility index (Phi) is 14.3. The van der Waals surface area contributed by atoms with Gasteiger partial charge in [-0.05, 0) is 47.9 Å². The van der Waals surface area contributed by atoms with Gasteiger partial charge in [-0.15, -0.1) is 0 Å². The van der Waals surface area contributed by atoms with E-state index in [-0.39, 0.29) is 44.0 Å². The lowest BCUT2D eigenvalue weighted by atomic mass is 9.73. The minimum atomic E-state index is -1.06. The van der Waals surface area contributed by atoms with Gasteiger partial charge in [0.25, 0.3) is 0 Å². The molecule has 5 heterocycles. The molecule has 8 unspecified atom stereocenters. The van der Waals surface area contributed by atoms with Gasteiger partial charge in [-0.1, -0.05) is 99.6 Å². The lowest BCUT2D eigenvalue weighted by molar-refractivity contribution is -0.364. The number of carbonyl (C=O) groups excluding carboxylic acids is 5. The molecular formula is C49H58N4O15. The molecule has 3 N–H and O–H groups in total. The number of nitrogens with one attached hydrogen (secondary N) is 3. The van der Waals surface area contributed by atoms with Crippen molar-refractivity contribution in [1.29, 1.82) is 0 Å². The fourth-order valence-electron chi connectivity index (χ4n) is 10.1. The van der Waals surface area contributed by atoms with E-state index in [9.17, 15) is 24.0 Å². The Morgan fingerprint density at radius 2 is 1.34 bits per heavy atom. The molecule has 1 saturated carbocycles. The topological polar surface area (TPSA) is 217 Å². The van der Waals surface area contributed by atoms with Gasteiger partial charge in [0, 0.05) is 25.4 Å². The van der Waals surface area contributed by atoms with E-state index in [1.54, 1.807) is 37.4 Å². The fraction of sp³-hybridized carbons (Fsp3) is 0.531. The summed E-state index contributed by atoms with van der Waals surface area (Å²) in [6, 6.07) is 24.7. The maximum Gasteiger partial charge on any atom is 0.410 e. The van der Waals surface area contributed by atoms with Crippen LogP contribution in [0.5, 0.6) is 0 Å². The van der Waals surface area contributed by atoms with Crippen molar-refractivity contribution < 1.29 is 71.3 Å². The number of cyclic esters (lactones) is 1. The third kappa shape index (κ3) is 10.5. The highest BCUT2D eigenvalue weighted by atomic mass is 16.8. The summed E-state index contributed by atoms with van der Waals surface area (Å²) in [5.41, 5.74) is 2.01. The number of esters is 1. The number of amides is 4. The van der Waals surface area contributed by atoms with Gasteiger partial charge in [0.1, 0.15) is 44.2 Å². The molecular weight excluding hydrogens is 885 g/mol. The number of benzene rings is 3. The molecule has 68 heavy (non-hydrogen) atoms. The van der Waals surface area contributed by atoms with Crippen LogP contribution in [-0.4, -0.2) is 129 Å². The smallest absolute Gasteiger partial charge is 0.410 e. The Bertz CT molecular complexity index is 2240. The summed E-state index contributed by atoms with van der Waals surface area (Å²) in [7, 11) is 1.58. The van der Waals surface area contributed by atoms with Crippen LogP contribution in [0.3, 0.4) is 0 Å². The predicted molar refractivity (Wildman–Crippen MR) is 236 cm³/mol. The molecule has 1 aliphatic carbocycles. The molecule has 0 aromatic heterocycles. The zero-order valence-electron chi connectivity index (χ0n) is 38.2. The fourth-order valence-corrected chi connectivity index (χ4v) is 10.1. The molecule has 5 saturated heterocycles. The van der Waals surface area contributed by atoms with Gasteiger partial charge in [0.2, 0.25) is 0 Å². The summed E-state index contributed by atoms with van der Waals surface area (Å²) in [5, 5.41) is 8.77. The molecule has 4 amide bonds. The Hall–Kier alpha value is -5.99. The van der Waals surface area contributed by atoms with E-state index in [2.05, 4.69) is 16.0 Å². The summed E-state index contributed by atoms with van der Waals surface area (Å²) in [6.07, 6.45) is -9.05. The van der Waals surface area contributed by atoms with E-state index in [1.165, 1.54) is 4.90 Å². The minimum absolute atomic E-state index is 0.0327. The van der Waals surface area contributed by atoms with Crippen molar-refractivity contribution in [3.63, 3.8) is 0 Å². The number of likely N-dealkylation sites (N-methyl/N-ethyl adjacent to an activating group) is 1. The average molecular weight is 943 g/mol. The minimum Gasteiger partial charge on any atom is -0.456 e. The SMILES string of the molecule is CC1C[C@@H]2OC(O[C@@H]3C[C@@H](OC(=O)c4ccccc4)[C@@H]4NC(=O)OCC4O3)C3C(OC(=O)N3C)C2O[C@@H]1O[C@@H]1C(NC(=O)OCc2ccccc2)C[C@@H](NC(=O)OCc2ccccc2)C(C)[C@H]1C. The third-order valence-electron chi connectivity index (χ3n) is 13.9. The first-order valence-corrected chi connectivity index (χ1v) is 23.2. The number of hydrogen-bond acceptors (Lipinski definition) is 15. The van der Waals surface area contributed by atoms with Crippen molar-refractivity contribution in [1.82, 2.24) is 20.9 Å². The van der Waals surface area contributed by atoms with E-state index in [1.807, 2.05) is 81.4 Å². The van der Waals surface area contributed by atoms with E-state index in [4.69, 9.17) is 47.4 Å². The maximum atomic E-state index is 13.5. The number of carbonyl (C=O) groups is 5. The standard InChI is InChI=1S/C49H58N4O15/c1-26-20-35-41(42-39(53(4)49(58)68-42)45(64-35)65-37-22-34(38-36(62-37)25-61-48(57)52-38)63-43(54)31-18-12-7-13-19-31)67-44(26)66-40-28(3)27(2)32(50-46(55)59-23-29-14-8-5-9-15-29)21-33(40)51-47(56)60-24-30-16-10-6-11-17-30/h5-19,26-28,32-42,44-45H,20-25H2,1-4H3,(H,50,55)(H,51,56)(H,52,57)/t26?,27?,28-,32-,33?,34-,35+,36?,37-,38+,39?,40+,41?,42?,44+,45?/m1/s1. The number of nitrogens with zero attached hydrogens (tertiary/aromatic N) is 1. The van der Waals surface area contributed by atoms with Crippen LogP contribution in [0.25, 0.3) is 0 Å². The zero-order valence-corrected chi connectivity index (χ0v) is 38.2. The molecule has 9 rings (SSSR count). The van der Waals surface area contributed by atoms with Gasteiger partial charge < -0.3 is 63.3 Å². The number of hydrogen-bond donors (Lipinski definition) is 3. The molecule has 5 aliphatic heterocycles. The summed E-state index contributed by atoms with van der Waals surface area (Å²) >= 11 is 0. The van der Waals surface area contributed by atoms with Crippen molar-refractivity contribution in [2.75, 3.05) is 13.7 Å². The van der Waals surface area contributed by atoms with Gasteiger partial charge in [0.15, 0.2) is 25.0 Å². The highest BCUT2D eigenvalue weighted by Gasteiger charge is 2.60. The summed E-state index contributed by atoms with van der Waals surface area (Å²) in [6.45, 7) is 6.04. The summed E-state index contributed by atoms with van der Waals surface area (Å²) in [4.78, 5) is 66.8. The first-order valence-electron chi connectivity index (χ1n) is 23.2. The van der Waals surface area contributed by atoms with Gasteiger partial charge in [0.05, 0.1) is 29.9 Å². The molecule has 3 aromatic carbocycles. The Morgan fingerprint density at radius 1 is 0.706 bits per heavy atom. The first kappa shape index (κ1) is 47.1. The normalized spacial score (nSPS) is 35.1. The quantitative estimate of drug-likeness (QED) is 0.153. The number of ether oxygens (including phenoxy) is 10. The molecule has 0 radical (unpaired) electrons. The van der Waals surface area contributed by atoms with Crippen LogP contribution in [-0.2, 0) is 60.6 Å². The molecule has 16 atom stereocenters. The monoisotopic (exact) mass is 942 g/mol. The van der Waals surface area contributed by atoms with Crippen LogP contribution in [0.1, 0.15) is 61.5 Å². The lowest BCUT2D eigenvalue weighted by Gasteiger charge is -2.51. The number of alkyl carbamates (subject to hydrolysis) is 3. The molecule has 364 valence electrons. The van der Waals surface area contributed by atoms with Crippen LogP contribution in [0.4, 0.5) is 19.2 Å². The molecule has 6 fully saturated rings. The van der Waals surface area contributed by atoms with E-state index >= 15 is 0 Å². The van der Waals surface area contributed by atoms with Crippen molar-refractivity contribution in [3.05, 3.63) is 108 Å². The Balaban J connectivity index is 0.884. The second-order valence-electron chi connectivity index (χ2n) is 18.4. The van der Waals surface area contributed by atoms with E-state index in [0.717, 1.165) is 11.1 Å². The zero-order chi connectivity index (χ0) is 47.5. The third-order valence-corrected chi connectivity index (χ3v) is 13.9. The largest absolute Gasteiger partial charge is 0.456 e. The van der Waals surface area contributed by atoms with Gasteiger partial charge >= 0.3 is 30.3 Å². The van der Waals surface area contributed by atoms with Gasteiger partial charge in [-0.3, -0.25) is 4.90 Å². The number of fused-ring (bicyclic) bond motifs is 4.